The Morgan fingerprint density at radius 3 is 2.56 bits per heavy atom. The Bertz CT molecular complexity index is 934. The number of carboxylic acid groups (broad SMARTS) is 1. The zero-order valence-electron chi connectivity index (χ0n) is 13.0. The number of phenols is 1. The summed E-state index contributed by atoms with van der Waals surface area (Å²) >= 11 is 5.97. The molecule has 1 heterocycles. The number of amides is 1. The number of benzene rings is 2. The number of hydrogen-bond acceptors (Lipinski definition) is 3. The summed E-state index contributed by atoms with van der Waals surface area (Å²) in [5, 5.41) is 22.3. The average Bonchev–Trinajstić information content (AvgIpc) is 2.99. The van der Waals surface area contributed by atoms with Gasteiger partial charge in [-0.15, -0.1) is 0 Å². The van der Waals surface area contributed by atoms with Gasteiger partial charge in [0.1, 0.15) is 11.8 Å². The quantitative estimate of drug-likeness (QED) is 0.563. The molecule has 2 aromatic carbocycles. The molecule has 1 atom stereocenters. The number of hydrogen-bond donors (Lipinski definition) is 4. The summed E-state index contributed by atoms with van der Waals surface area (Å²) in [6, 6.07) is 10.2. The van der Waals surface area contributed by atoms with Crippen molar-refractivity contribution in [1.82, 2.24) is 10.3 Å². The van der Waals surface area contributed by atoms with Crippen molar-refractivity contribution >= 4 is 34.4 Å². The molecule has 3 rings (SSSR count). The Morgan fingerprint density at radius 1 is 1.16 bits per heavy atom. The third-order valence-electron chi connectivity index (χ3n) is 3.87. The summed E-state index contributed by atoms with van der Waals surface area (Å²) in [4.78, 5) is 27.0. The number of aromatic hydroxyl groups is 1. The highest BCUT2D eigenvalue weighted by Gasteiger charge is 2.22. The van der Waals surface area contributed by atoms with Gasteiger partial charge < -0.3 is 20.5 Å². The second-order valence-corrected chi connectivity index (χ2v) is 6.06. The van der Waals surface area contributed by atoms with Crippen LogP contribution in [0.3, 0.4) is 0 Å². The predicted molar refractivity (Wildman–Crippen MR) is 94.0 cm³/mol. The van der Waals surface area contributed by atoms with Crippen LogP contribution in [0, 0.1) is 0 Å². The van der Waals surface area contributed by atoms with Crippen molar-refractivity contribution in [2.75, 3.05) is 0 Å². The molecule has 0 aliphatic carbocycles. The molecule has 0 aliphatic heterocycles. The van der Waals surface area contributed by atoms with Crippen molar-refractivity contribution in [3.8, 4) is 5.75 Å². The predicted octanol–water partition coefficient (Wildman–Crippen LogP) is 2.95. The van der Waals surface area contributed by atoms with E-state index in [0.29, 0.717) is 21.5 Å². The highest BCUT2D eigenvalue weighted by molar-refractivity contribution is 6.31. The van der Waals surface area contributed by atoms with Crippen LogP contribution in [0.2, 0.25) is 5.02 Å². The molecule has 1 amide bonds. The number of carboxylic acids is 1. The van der Waals surface area contributed by atoms with Crippen LogP contribution < -0.4 is 5.32 Å². The highest BCUT2D eigenvalue weighted by atomic mass is 35.5. The van der Waals surface area contributed by atoms with Gasteiger partial charge in [0.05, 0.1) is 5.56 Å². The van der Waals surface area contributed by atoms with E-state index in [2.05, 4.69) is 10.3 Å². The first kappa shape index (κ1) is 16.9. The molecule has 0 unspecified atom stereocenters. The van der Waals surface area contributed by atoms with Gasteiger partial charge in [-0.3, -0.25) is 4.79 Å². The molecule has 1 aromatic heterocycles. The summed E-state index contributed by atoms with van der Waals surface area (Å²) < 4.78 is 0. The van der Waals surface area contributed by atoms with Gasteiger partial charge in [0.2, 0.25) is 0 Å². The molecule has 6 nitrogen and oxygen atoms in total. The van der Waals surface area contributed by atoms with E-state index in [1.54, 1.807) is 30.3 Å². The Labute approximate surface area is 148 Å². The minimum atomic E-state index is -1.14. The van der Waals surface area contributed by atoms with E-state index in [-0.39, 0.29) is 12.2 Å². The molecule has 25 heavy (non-hydrogen) atoms. The molecule has 0 spiro atoms. The maximum Gasteiger partial charge on any atom is 0.326 e. The topological polar surface area (TPSA) is 102 Å². The van der Waals surface area contributed by atoms with Gasteiger partial charge in [0.15, 0.2) is 0 Å². The van der Waals surface area contributed by atoms with Gasteiger partial charge in [0.25, 0.3) is 5.91 Å². The van der Waals surface area contributed by atoms with E-state index in [4.69, 9.17) is 11.6 Å². The highest BCUT2D eigenvalue weighted by Crippen LogP contribution is 2.22. The average molecular weight is 359 g/mol. The summed E-state index contributed by atoms with van der Waals surface area (Å²) in [7, 11) is 0. The van der Waals surface area contributed by atoms with Crippen LogP contribution in [0.15, 0.2) is 48.7 Å². The van der Waals surface area contributed by atoms with Crippen molar-refractivity contribution < 1.29 is 19.8 Å². The number of halogens is 1. The Balaban J connectivity index is 1.81. The number of carbonyl (C=O) groups is 2. The molecule has 0 radical (unpaired) electrons. The fourth-order valence-corrected chi connectivity index (χ4v) is 2.76. The SMILES string of the molecule is O=C(N[C@@H](Cc1ccc(O)cc1)C(=O)O)c1c[nH]c2ccc(Cl)cc12. The van der Waals surface area contributed by atoms with Crippen LogP contribution in [0.4, 0.5) is 0 Å². The van der Waals surface area contributed by atoms with E-state index in [9.17, 15) is 19.8 Å². The molecule has 0 saturated heterocycles. The molecule has 7 heteroatoms. The van der Waals surface area contributed by atoms with Crippen LogP contribution in [0.5, 0.6) is 5.75 Å². The number of fused-ring (bicyclic) bond motifs is 1. The molecule has 0 fully saturated rings. The minimum absolute atomic E-state index is 0.0929. The zero-order valence-corrected chi connectivity index (χ0v) is 13.7. The fraction of sp³-hybridized carbons (Fsp3) is 0.111. The van der Waals surface area contributed by atoms with Gasteiger partial charge in [-0.1, -0.05) is 23.7 Å². The van der Waals surface area contributed by atoms with Gasteiger partial charge in [-0.25, -0.2) is 4.79 Å². The van der Waals surface area contributed by atoms with Crippen LogP contribution in [0.25, 0.3) is 10.9 Å². The molecule has 3 aromatic rings. The largest absolute Gasteiger partial charge is 0.508 e. The number of phenolic OH excluding ortho intramolecular Hbond substituents is 1. The molecule has 0 aliphatic rings. The Kier molecular flexibility index (Phi) is 4.63. The summed E-state index contributed by atoms with van der Waals surface area (Å²) in [6.07, 6.45) is 1.63. The molecule has 0 saturated carbocycles. The number of H-pyrrole nitrogens is 1. The molecule has 0 bridgehead atoms. The Hall–Kier alpha value is -2.99. The van der Waals surface area contributed by atoms with E-state index >= 15 is 0 Å². The number of nitrogens with one attached hydrogen (secondary N) is 2. The zero-order chi connectivity index (χ0) is 18.0. The van der Waals surface area contributed by atoms with E-state index in [1.165, 1.54) is 18.3 Å². The summed E-state index contributed by atoms with van der Waals surface area (Å²) in [5.41, 5.74) is 1.75. The van der Waals surface area contributed by atoms with E-state index in [0.717, 1.165) is 5.52 Å². The second-order valence-electron chi connectivity index (χ2n) is 5.63. The first-order chi connectivity index (χ1) is 11.9. The monoisotopic (exact) mass is 358 g/mol. The van der Waals surface area contributed by atoms with Gasteiger partial charge in [0, 0.05) is 28.5 Å². The normalized spacial score (nSPS) is 12.0. The lowest BCUT2D eigenvalue weighted by Gasteiger charge is -2.14. The van der Waals surface area contributed by atoms with Gasteiger partial charge >= 0.3 is 5.97 Å². The van der Waals surface area contributed by atoms with Gasteiger partial charge in [-0.2, -0.15) is 0 Å². The van der Waals surface area contributed by atoms with Crippen molar-refractivity contribution in [3.63, 3.8) is 0 Å². The third kappa shape index (κ3) is 3.75. The van der Waals surface area contributed by atoms with Gasteiger partial charge in [-0.05, 0) is 35.9 Å². The van der Waals surface area contributed by atoms with Crippen molar-refractivity contribution in [3.05, 3.63) is 64.8 Å². The number of carbonyl (C=O) groups excluding carboxylic acids is 1. The number of aromatic nitrogens is 1. The number of aliphatic carboxylic acids is 1. The number of aromatic amines is 1. The number of rotatable bonds is 5. The fourth-order valence-electron chi connectivity index (χ4n) is 2.58. The first-order valence-corrected chi connectivity index (χ1v) is 7.90. The summed E-state index contributed by atoms with van der Waals surface area (Å²) in [6.45, 7) is 0. The van der Waals surface area contributed by atoms with Crippen LogP contribution in [-0.4, -0.2) is 33.1 Å². The van der Waals surface area contributed by atoms with Crippen LogP contribution in [0.1, 0.15) is 15.9 Å². The smallest absolute Gasteiger partial charge is 0.326 e. The third-order valence-corrected chi connectivity index (χ3v) is 4.10. The van der Waals surface area contributed by atoms with Crippen molar-refractivity contribution in [2.24, 2.45) is 0 Å². The maximum absolute atomic E-state index is 12.5. The summed E-state index contributed by atoms with van der Waals surface area (Å²) in [5.74, 6) is -1.55. The van der Waals surface area contributed by atoms with Crippen LogP contribution in [-0.2, 0) is 11.2 Å². The lowest BCUT2D eigenvalue weighted by atomic mass is 10.1. The van der Waals surface area contributed by atoms with Crippen molar-refractivity contribution in [1.29, 1.82) is 0 Å². The molecule has 128 valence electrons. The molecule has 4 N–H and O–H groups in total. The van der Waals surface area contributed by atoms with E-state index < -0.39 is 17.9 Å². The lowest BCUT2D eigenvalue weighted by Crippen LogP contribution is -2.42. The lowest BCUT2D eigenvalue weighted by molar-refractivity contribution is -0.139. The standard InChI is InChI=1S/C18H15ClN2O4/c19-11-3-6-15-13(8-11)14(9-20-15)17(23)21-16(18(24)25)7-10-1-4-12(22)5-2-10/h1-6,8-9,16,20,22H,7H2,(H,21,23)(H,24,25)/t16-/m0/s1. The first-order valence-electron chi connectivity index (χ1n) is 7.52. The second kappa shape index (κ2) is 6.86. The van der Waals surface area contributed by atoms with Crippen molar-refractivity contribution in [2.45, 2.75) is 12.5 Å². The molecular weight excluding hydrogens is 344 g/mol. The van der Waals surface area contributed by atoms with E-state index in [1.807, 2.05) is 0 Å². The molecular formula is C18H15ClN2O4. The minimum Gasteiger partial charge on any atom is -0.508 e. The van der Waals surface area contributed by atoms with Crippen LogP contribution >= 0.6 is 11.6 Å². The Morgan fingerprint density at radius 2 is 1.88 bits per heavy atom. The maximum atomic E-state index is 12.5.